The van der Waals surface area contributed by atoms with Crippen LogP contribution >= 0.6 is 11.3 Å². The molecule has 0 unspecified atom stereocenters. The molecule has 21 heavy (non-hydrogen) atoms. The summed E-state index contributed by atoms with van der Waals surface area (Å²) in [6.07, 6.45) is 1.000. The maximum absolute atomic E-state index is 5.24. The van der Waals surface area contributed by atoms with Gasteiger partial charge in [-0.3, -0.25) is 0 Å². The lowest BCUT2D eigenvalue weighted by atomic mass is 10.1. The minimum absolute atomic E-state index is 0.873. The van der Waals surface area contributed by atoms with Crippen molar-refractivity contribution >= 4 is 26.7 Å². The van der Waals surface area contributed by atoms with Gasteiger partial charge in [0.15, 0.2) is 5.13 Å². The summed E-state index contributed by atoms with van der Waals surface area (Å²) in [5.41, 5.74) is 3.65. The quantitative estimate of drug-likeness (QED) is 0.764. The van der Waals surface area contributed by atoms with E-state index in [-0.39, 0.29) is 0 Å². The Hall–Kier alpha value is -2.07. The number of benzene rings is 2. The summed E-state index contributed by atoms with van der Waals surface area (Å²) in [5, 5.41) is 4.36. The molecule has 0 saturated heterocycles. The number of anilines is 1. The first-order valence-corrected chi connectivity index (χ1v) is 7.80. The third kappa shape index (κ3) is 3.34. The van der Waals surface area contributed by atoms with Gasteiger partial charge < -0.3 is 10.1 Å². The van der Waals surface area contributed by atoms with Crippen LogP contribution in [0, 0.1) is 6.92 Å². The third-order valence-corrected chi connectivity index (χ3v) is 4.38. The molecule has 1 heterocycles. The number of methoxy groups -OCH3 is 1. The SMILES string of the molecule is COc1ccc2nc(NCCc3ccc(C)cc3)sc2c1. The number of aromatic nitrogens is 1. The molecule has 108 valence electrons. The predicted molar refractivity (Wildman–Crippen MR) is 89.5 cm³/mol. The van der Waals surface area contributed by atoms with Gasteiger partial charge in [0.25, 0.3) is 0 Å². The standard InChI is InChI=1S/C17H18N2OS/c1-12-3-5-13(6-4-12)9-10-18-17-19-15-8-7-14(20-2)11-16(15)21-17/h3-8,11H,9-10H2,1-2H3,(H,18,19). The van der Waals surface area contributed by atoms with Crippen LogP contribution in [0.2, 0.25) is 0 Å². The number of nitrogens with zero attached hydrogens (tertiary/aromatic N) is 1. The number of aryl methyl sites for hydroxylation is 1. The van der Waals surface area contributed by atoms with Crippen LogP contribution in [0.25, 0.3) is 10.2 Å². The molecule has 0 bridgehead atoms. The maximum atomic E-state index is 5.24. The van der Waals surface area contributed by atoms with Crippen molar-refractivity contribution in [2.24, 2.45) is 0 Å². The molecule has 0 aliphatic rings. The highest BCUT2D eigenvalue weighted by atomic mass is 32.1. The smallest absolute Gasteiger partial charge is 0.183 e. The van der Waals surface area contributed by atoms with E-state index in [1.807, 2.05) is 18.2 Å². The molecule has 0 spiro atoms. The molecular weight excluding hydrogens is 280 g/mol. The number of ether oxygens (including phenoxy) is 1. The minimum atomic E-state index is 0.873. The fourth-order valence-corrected chi connectivity index (χ4v) is 3.10. The highest BCUT2D eigenvalue weighted by molar-refractivity contribution is 7.22. The van der Waals surface area contributed by atoms with Crippen molar-refractivity contribution in [1.29, 1.82) is 0 Å². The van der Waals surface area contributed by atoms with E-state index in [0.29, 0.717) is 0 Å². The zero-order valence-corrected chi connectivity index (χ0v) is 13.0. The van der Waals surface area contributed by atoms with Crippen molar-refractivity contribution in [2.45, 2.75) is 13.3 Å². The Morgan fingerprint density at radius 2 is 1.95 bits per heavy atom. The van der Waals surface area contributed by atoms with E-state index in [4.69, 9.17) is 4.74 Å². The topological polar surface area (TPSA) is 34.1 Å². The molecule has 3 rings (SSSR count). The lowest BCUT2D eigenvalue weighted by Gasteiger charge is -2.03. The summed E-state index contributed by atoms with van der Waals surface area (Å²) < 4.78 is 6.38. The second-order valence-corrected chi connectivity index (χ2v) is 6.05. The van der Waals surface area contributed by atoms with Gasteiger partial charge >= 0.3 is 0 Å². The van der Waals surface area contributed by atoms with E-state index < -0.39 is 0 Å². The molecule has 3 aromatic rings. The van der Waals surface area contributed by atoms with E-state index in [0.717, 1.165) is 34.1 Å². The second kappa shape index (κ2) is 6.14. The van der Waals surface area contributed by atoms with Crippen LogP contribution < -0.4 is 10.1 Å². The third-order valence-electron chi connectivity index (χ3n) is 3.41. The zero-order valence-electron chi connectivity index (χ0n) is 12.2. The Bertz CT molecular complexity index is 734. The van der Waals surface area contributed by atoms with Crippen molar-refractivity contribution in [3.8, 4) is 5.75 Å². The van der Waals surface area contributed by atoms with Crippen LogP contribution in [0.15, 0.2) is 42.5 Å². The fraction of sp³-hybridized carbons (Fsp3) is 0.235. The van der Waals surface area contributed by atoms with Gasteiger partial charge in [-0.1, -0.05) is 41.2 Å². The molecule has 4 heteroatoms. The lowest BCUT2D eigenvalue weighted by Crippen LogP contribution is -2.04. The number of fused-ring (bicyclic) bond motifs is 1. The average molecular weight is 298 g/mol. The van der Waals surface area contributed by atoms with Gasteiger partial charge in [-0.05, 0) is 37.1 Å². The summed E-state index contributed by atoms with van der Waals surface area (Å²) in [4.78, 5) is 4.59. The highest BCUT2D eigenvalue weighted by Crippen LogP contribution is 2.29. The van der Waals surface area contributed by atoms with Gasteiger partial charge in [-0.15, -0.1) is 0 Å². The molecule has 0 saturated carbocycles. The van der Waals surface area contributed by atoms with Crippen LogP contribution in [-0.2, 0) is 6.42 Å². The summed E-state index contributed by atoms with van der Waals surface area (Å²) in [5.74, 6) is 0.873. The molecule has 0 radical (unpaired) electrons. The Labute approximate surface area is 128 Å². The van der Waals surface area contributed by atoms with Gasteiger partial charge in [0.05, 0.1) is 17.3 Å². The molecular formula is C17H18N2OS. The van der Waals surface area contributed by atoms with Gasteiger partial charge in [0.1, 0.15) is 5.75 Å². The molecule has 3 nitrogen and oxygen atoms in total. The molecule has 2 aromatic carbocycles. The number of hydrogen-bond donors (Lipinski definition) is 1. The first-order chi connectivity index (χ1) is 10.2. The normalized spacial score (nSPS) is 10.8. The van der Waals surface area contributed by atoms with Crippen LogP contribution in [0.3, 0.4) is 0 Å². The van der Waals surface area contributed by atoms with E-state index in [1.165, 1.54) is 11.1 Å². The van der Waals surface area contributed by atoms with Crippen LogP contribution in [-0.4, -0.2) is 18.6 Å². The van der Waals surface area contributed by atoms with Gasteiger partial charge in [0.2, 0.25) is 0 Å². The molecule has 0 atom stereocenters. The summed E-state index contributed by atoms with van der Waals surface area (Å²) in [6, 6.07) is 14.6. The van der Waals surface area contributed by atoms with Crippen LogP contribution in [0.5, 0.6) is 5.75 Å². The van der Waals surface area contributed by atoms with Gasteiger partial charge in [-0.25, -0.2) is 4.98 Å². The number of rotatable bonds is 5. The summed E-state index contributed by atoms with van der Waals surface area (Å²) in [7, 11) is 1.68. The monoisotopic (exact) mass is 298 g/mol. The second-order valence-electron chi connectivity index (χ2n) is 5.02. The van der Waals surface area contributed by atoms with Crippen molar-refractivity contribution < 1.29 is 4.74 Å². The fourth-order valence-electron chi connectivity index (χ4n) is 2.18. The molecule has 0 aliphatic carbocycles. The lowest BCUT2D eigenvalue weighted by molar-refractivity contribution is 0.415. The number of nitrogens with one attached hydrogen (secondary N) is 1. The minimum Gasteiger partial charge on any atom is -0.497 e. The van der Waals surface area contributed by atoms with E-state index in [9.17, 15) is 0 Å². The summed E-state index contributed by atoms with van der Waals surface area (Å²) >= 11 is 1.66. The largest absolute Gasteiger partial charge is 0.497 e. The van der Waals surface area contributed by atoms with Crippen LogP contribution in [0.1, 0.15) is 11.1 Å². The van der Waals surface area contributed by atoms with E-state index >= 15 is 0 Å². The summed E-state index contributed by atoms with van der Waals surface area (Å²) in [6.45, 7) is 3.00. The van der Waals surface area contributed by atoms with Gasteiger partial charge in [0, 0.05) is 6.54 Å². The molecule has 0 amide bonds. The van der Waals surface area contributed by atoms with Crippen LogP contribution in [0.4, 0.5) is 5.13 Å². The van der Waals surface area contributed by atoms with Crippen molar-refractivity contribution in [3.05, 3.63) is 53.6 Å². The number of thiazole rings is 1. The molecule has 0 fully saturated rings. The molecule has 0 aliphatic heterocycles. The zero-order chi connectivity index (χ0) is 14.7. The van der Waals surface area contributed by atoms with Crippen molar-refractivity contribution in [1.82, 2.24) is 4.98 Å². The molecule has 1 N–H and O–H groups in total. The molecule has 1 aromatic heterocycles. The first-order valence-electron chi connectivity index (χ1n) is 6.98. The van der Waals surface area contributed by atoms with Crippen molar-refractivity contribution in [3.63, 3.8) is 0 Å². The Balaban J connectivity index is 1.63. The van der Waals surface area contributed by atoms with E-state index in [1.54, 1.807) is 18.4 Å². The van der Waals surface area contributed by atoms with Crippen molar-refractivity contribution in [2.75, 3.05) is 19.0 Å². The highest BCUT2D eigenvalue weighted by Gasteiger charge is 2.04. The Kier molecular flexibility index (Phi) is 4.06. The average Bonchev–Trinajstić information content (AvgIpc) is 2.91. The maximum Gasteiger partial charge on any atom is 0.183 e. The Morgan fingerprint density at radius 1 is 1.14 bits per heavy atom. The van der Waals surface area contributed by atoms with E-state index in [2.05, 4.69) is 41.5 Å². The first kappa shape index (κ1) is 13.9. The predicted octanol–water partition coefficient (Wildman–Crippen LogP) is 4.27. The Morgan fingerprint density at radius 3 is 2.71 bits per heavy atom. The van der Waals surface area contributed by atoms with Gasteiger partial charge in [-0.2, -0.15) is 0 Å². The number of hydrogen-bond acceptors (Lipinski definition) is 4.